The Kier molecular flexibility index (Phi) is 7.77. The molecule has 2 aliphatic heterocycles. The fourth-order valence-electron chi connectivity index (χ4n) is 3.26. The molecule has 2 fully saturated rings. The van der Waals surface area contributed by atoms with Crippen molar-refractivity contribution in [1.29, 1.82) is 0 Å². The van der Waals surface area contributed by atoms with Crippen LogP contribution in [-0.4, -0.2) is 50.3 Å². The number of fused-ring (bicyclic) bond motifs is 2. The summed E-state index contributed by atoms with van der Waals surface area (Å²) in [6.45, 7) is 1.06. The Morgan fingerprint density at radius 2 is 2.04 bits per heavy atom. The second kappa shape index (κ2) is 9.59. The van der Waals surface area contributed by atoms with Crippen molar-refractivity contribution in [1.82, 2.24) is 16.0 Å². The molecule has 0 saturated carbocycles. The van der Waals surface area contributed by atoms with Crippen LogP contribution in [0.5, 0.6) is 0 Å². The zero-order valence-electron chi connectivity index (χ0n) is 14.1. The standard InChI is InChI=1S/C17H23ClN4O2.HI/c1-19-17(22-14-10-11-6-7-15(14)24-11)21-9-8-20-16(23)12-4-2-3-5-13(12)18;/h2-5,11,14-15H,6-10H2,1H3,(H,20,23)(H2,19,21,22);1H. The minimum atomic E-state index is -0.174. The van der Waals surface area contributed by atoms with Gasteiger partial charge in [-0.2, -0.15) is 0 Å². The average Bonchev–Trinajstić information content (AvgIpc) is 3.20. The number of guanidine groups is 1. The third-order valence-electron chi connectivity index (χ3n) is 4.47. The number of aliphatic imine (C=N–C) groups is 1. The zero-order chi connectivity index (χ0) is 16.9. The third-order valence-corrected chi connectivity index (χ3v) is 4.80. The van der Waals surface area contributed by atoms with Gasteiger partial charge in [0.25, 0.3) is 5.91 Å². The van der Waals surface area contributed by atoms with Crippen LogP contribution in [0.2, 0.25) is 5.02 Å². The number of nitrogens with one attached hydrogen (secondary N) is 3. The summed E-state index contributed by atoms with van der Waals surface area (Å²) in [5, 5.41) is 9.92. The van der Waals surface area contributed by atoms with Gasteiger partial charge >= 0.3 is 0 Å². The summed E-state index contributed by atoms with van der Waals surface area (Å²) < 4.78 is 5.83. The molecule has 6 nitrogen and oxygen atoms in total. The van der Waals surface area contributed by atoms with Gasteiger partial charge in [-0.1, -0.05) is 23.7 Å². The van der Waals surface area contributed by atoms with Crippen LogP contribution in [0.25, 0.3) is 0 Å². The number of benzene rings is 1. The normalized spacial score (nSPS) is 24.6. The second-order valence-electron chi connectivity index (χ2n) is 6.10. The van der Waals surface area contributed by atoms with Gasteiger partial charge in [-0.3, -0.25) is 9.79 Å². The number of ether oxygens (including phenoxy) is 1. The predicted octanol–water partition coefficient (Wildman–Crippen LogP) is 2.17. The number of hydrogen-bond acceptors (Lipinski definition) is 3. The molecule has 25 heavy (non-hydrogen) atoms. The highest BCUT2D eigenvalue weighted by Crippen LogP contribution is 2.34. The Morgan fingerprint density at radius 3 is 2.68 bits per heavy atom. The van der Waals surface area contributed by atoms with Crippen LogP contribution in [0.4, 0.5) is 0 Å². The molecule has 1 aromatic carbocycles. The van der Waals surface area contributed by atoms with Crippen molar-refractivity contribution in [3.05, 3.63) is 34.9 Å². The Morgan fingerprint density at radius 1 is 1.28 bits per heavy atom. The molecule has 138 valence electrons. The minimum Gasteiger partial charge on any atom is -0.373 e. The van der Waals surface area contributed by atoms with Crippen molar-refractivity contribution in [2.45, 2.75) is 37.5 Å². The average molecular weight is 479 g/mol. The van der Waals surface area contributed by atoms with E-state index in [2.05, 4.69) is 20.9 Å². The monoisotopic (exact) mass is 478 g/mol. The first-order valence-corrected chi connectivity index (χ1v) is 8.70. The molecule has 3 unspecified atom stereocenters. The SMILES string of the molecule is CN=C(NCCNC(=O)c1ccccc1Cl)NC1CC2CCC1O2.I. The highest BCUT2D eigenvalue weighted by atomic mass is 127. The predicted molar refractivity (Wildman–Crippen MR) is 110 cm³/mol. The molecule has 3 N–H and O–H groups in total. The van der Waals surface area contributed by atoms with E-state index in [1.807, 2.05) is 0 Å². The van der Waals surface area contributed by atoms with E-state index in [4.69, 9.17) is 16.3 Å². The fourth-order valence-corrected chi connectivity index (χ4v) is 3.48. The van der Waals surface area contributed by atoms with E-state index in [0.717, 1.165) is 18.8 Å². The quantitative estimate of drug-likeness (QED) is 0.262. The summed E-state index contributed by atoms with van der Waals surface area (Å²) in [6.07, 6.45) is 4.03. The van der Waals surface area contributed by atoms with Crippen molar-refractivity contribution >= 4 is 47.4 Å². The van der Waals surface area contributed by atoms with Gasteiger partial charge in [-0.05, 0) is 31.4 Å². The van der Waals surface area contributed by atoms with Gasteiger partial charge in [0.2, 0.25) is 0 Å². The molecular weight excluding hydrogens is 455 g/mol. The first-order chi connectivity index (χ1) is 11.7. The number of carbonyl (C=O) groups is 1. The highest BCUT2D eigenvalue weighted by molar-refractivity contribution is 14.0. The number of carbonyl (C=O) groups excluding carboxylic acids is 1. The molecule has 1 amide bonds. The van der Waals surface area contributed by atoms with Gasteiger partial charge in [0.15, 0.2) is 5.96 Å². The Balaban J connectivity index is 0.00000225. The zero-order valence-corrected chi connectivity index (χ0v) is 17.2. The van der Waals surface area contributed by atoms with Crippen molar-refractivity contribution in [3.8, 4) is 0 Å². The third kappa shape index (κ3) is 5.21. The van der Waals surface area contributed by atoms with E-state index in [-0.39, 0.29) is 29.9 Å². The van der Waals surface area contributed by atoms with E-state index < -0.39 is 0 Å². The van der Waals surface area contributed by atoms with E-state index >= 15 is 0 Å². The van der Waals surface area contributed by atoms with E-state index in [1.54, 1.807) is 31.3 Å². The van der Waals surface area contributed by atoms with Crippen molar-refractivity contribution in [2.24, 2.45) is 4.99 Å². The summed E-state index contributed by atoms with van der Waals surface area (Å²) in [6, 6.07) is 7.34. The van der Waals surface area contributed by atoms with E-state index in [9.17, 15) is 4.79 Å². The van der Waals surface area contributed by atoms with Crippen LogP contribution < -0.4 is 16.0 Å². The lowest BCUT2D eigenvalue weighted by atomic mass is 9.96. The van der Waals surface area contributed by atoms with E-state index in [1.165, 1.54) is 6.42 Å². The van der Waals surface area contributed by atoms with Crippen LogP contribution in [0.1, 0.15) is 29.6 Å². The van der Waals surface area contributed by atoms with Gasteiger partial charge in [0.1, 0.15) is 0 Å². The number of hydrogen-bond donors (Lipinski definition) is 3. The summed E-state index contributed by atoms with van der Waals surface area (Å²) in [5.74, 6) is 0.565. The molecule has 0 spiro atoms. The Labute approximate surface area is 170 Å². The summed E-state index contributed by atoms with van der Waals surface area (Å²) in [4.78, 5) is 16.3. The highest BCUT2D eigenvalue weighted by Gasteiger charge is 2.41. The maximum atomic E-state index is 12.1. The Hall–Kier alpha value is -1.06. The van der Waals surface area contributed by atoms with Crippen molar-refractivity contribution in [2.75, 3.05) is 20.1 Å². The lowest BCUT2D eigenvalue weighted by Gasteiger charge is -2.22. The summed E-state index contributed by atoms with van der Waals surface area (Å²) in [7, 11) is 1.74. The second-order valence-corrected chi connectivity index (χ2v) is 6.50. The molecule has 2 saturated heterocycles. The maximum absolute atomic E-state index is 12.1. The smallest absolute Gasteiger partial charge is 0.252 e. The first-order valence-electron chi connectivity index (χ1n) is 8.32. The first kappa shape index (κ1) is 20.3. The lowest BCUT2D eigenvalue weighted by Crippen LogP contribution is -2.48. The van der Waals surface area contributed by atoms with Crippen molar-refractivity contribution in [3.63, 3.8) is 0 Å². The lowest BCUT2D eigenvalue weighted by molar-refractivity contribution is 0.0954. The van der Waals surface area contributed by atoms with Crippen LogP contribution in [-0.2, 0) is 4.74 Å². The molecule has 2 heterocycles. The largest absolute Gasteiger partial charge is 0.373 e. The molecule has 0 aromatic heterocycles. The van der Waals surface area contributed by atoms with Crippen molar-refractivity contribution < 1.29 is 9.53 Å². The molecule has 0 aliphatic carbocycles. The summed E-state index contributed by atoms with van der Waals surface area (Å²) in [5.41, 5.74) is 0.487. The topological polar surface area (TPSA) is 74.8 Å². The van der Waals surface area contributed by atoms with Gasteiger partial charge in [-0.25, -0.2) is 0 Å². The molecule has 0 radical (unpaired) electrons. The maximum Gasteiger partial charge on any atom is 0.252 e. The molecular formula is C17H24ClIN4O2. The van der Waals surface area contributed by atoms with Crippen LogP contribution >= 0.6 is 35.6 Å². The molecule has 3 atom stereocenters. The number of halogens is 2. The number of nitrogens with zero attached hydrogens (tertiary/aromatic N) is 1. The molecule has 8 heteroatoms. The molecule has 3 rings (SSSR count). The molecule has 2 bridgehead atoms. The van der Waals surface area contributed by atoms with Gasteiger partial charge < -0.3 is 20.7 Å². The minimum absolute atomic E-state index is 0. The molecule has 2 aliphatic rings. The van der Waals surface area contributed by atoms with Crippen LogP contribution in [0.3, 0.4) is 0 Å². The number of amides is 1. The van der Waals surface area contributed by atoms with E-state index in [0.29, 0.717) is 41.9 Å². The van der Waals surface area contributed by atoms with Gasteiger partial charge in [0, 0.05) is 20.1 Å². The van der Waals surface area contributed by atoms with Crippen LogP contribution in [0.15, 0.2) is 29.3 Å². The summed E-state index contributed by atoms with van der Waals surface area (Å²) >= 11 is 6.01. The Bertz CT molecular complexity index is 628. The number of rotatable bonds is 5. The van der Waals surface area contributed by atoms with Gasteiger partial charge in [0.05, 0.1) is 28.8 Å². The molecule has 1 aromatic rings. The van der Waals surface area contributed by atoms with Crippen LogP contribution in [0, 0.1) is 0 Å². The van der Waals surface area contributed by atoms with Gasteiger partial charge in [-0.15, -0.1) is 24.0 Å². The fraction of sp³-hybridized carbons (Fsp3) is 0.529.